The van der Waals surface area contributed by atoms with Crippen LogP contribution in [0.2, 0.25) is 0 Å². The largest absolute Gasteiger partial charge is 0.326 e. The summed E-state index contributed by atoms with van der Waals surface area (Å²) in [7, 11) is -3.72. The van der Waals surface area contributed by atoms with Gasteiger partial charge in [0, 0.05) is 24.3 Å². The summed E-state index contributed by atoms with van der Waals surface area (Å²) in [6.45, 7) is 6.27. The molecule has 0 atom stereocenters. The first-order valence-corrected chi connectivity index (χ1v) is 12.3. The number of fused-ring (bicyclic) bond motifs is 1. The molecule has 2 aromatic carbocycles. The number of hydrogen-bond donors (Lipinski definition) is 2. The van der Waals surface area contributed by atoms with E-state index < -0.39 is 10.0 Å². The predicted molar refractivity (Wildman–Crippen MR) is 127 cm³/mol. The molecule has 0 radical (unpaired) electrons. The molecule has 0 unspecified atom stereocenters. The standard InChI is InChI=1S/C22H23N5O3S2/c1-14-4-7-18(8-5-14)32(29,30)26-22-24-19-9-6-17(13-20(19)31-22)23-21(28)10-11-27-16(3)12-15(2)25-27/h4-9,12-13H,10-11H2,1-3H3,(H,23,28)(H,24,26). The lowest BCUT2D eigenvalue weighted by molar-refractivity contribution is -0.116. The number of aromatic nitrogens is 3. The Kier molecular flexibility index (Phi) is 5.98. The number of aryl methyl sites for hydroxylation is 4. The molecule has 10 heteroatoms. The van der Waals surface area contributed by atoms with Gasteiger partial charge in [0.1, 0.15) is 0 Å². The van der Waals surface area contributed by atoms with Gasteiger partial charge in [-0.2, -0.15) is 5.10 Å². The smallest absolute Gasteiger partial charge is 0.263 e. The highest BCUT2D eigenvalue weighted by atomic mass is 32.2. The molecule has 4 rings (SSSR count). The minimum absolute atomic E-state index is 0.123. The summed E-state index contributed by atoms with van der Waals surface area (Å²) < 4.78 is 30.3. The zero-order chi connectivity index (χ0) is 22.9. The molecule has 166 valence electrons. The van der Waals surface area contributed by atoms with Crippen LogP contribution in [0.15, 0.2) is 53.4 Å². The van der Waals surface area contributed by atoms with Crippen LogP contribution >= 0.6 is 11.3 Å². The van der Waals surface area contributed by atoms with E-state index >= 15 is 0 Å². The average molecular weight is 470 g/mol. The van der Waals surface area contributed by atoms with Crippen LogP contribution in [0.5, 0.6) is 0 Å². The number of amides is 1. The second-order valence-corrected chi connectivity index (χ2v) is 10.3. The van der Waals surface area contributed by atoms with Gasteiger partial charge in [0.2, 0.25) is 5.91 Å². The van der Waals surface area contributed by atoms with Crippen molar-refractivity contribution in [3.8, 4) is 0 Å². The highest BCUT2D eigenvalue weighted by molar-refractivity contribution is 7.93. The molecule has 32 heavy (non-hydrogen) atoms. The molecule has 2 N–H and O–H groups in total. The number of nitrogens with zero attached hydrogens (tertiary/aromatic N) is 3. The van der Waals surface area contributed by atoms with Crippen molar-refractivity contribution in [3.05, 3.63) is 65.5 Å². The lowest BCUT2D eigenvalue weighted by Crippen LogP contribution is -2.15. The molecular weight excluding hydrogens is 446 g/mol. The third kappa shape index (κ3) is 4.97. The first-order chi connectivity index (χ1) is 15.2. The molecule has 0 aliphatic rings. The van der Waals surface area contributed by atoms with Crippen LogP contribution in [0.4, 0.5) is 10.8 Å². The molecule has 0 spiro atoms. The number of nitrogens with one attached hydrogen (secondary N) is 2. The van der Waals surface area contributed by atoms with Crippen molar-refractivity contribution in [1.29, 1.82) is 0 Å². The lowest BCUT2D eigenvalue weighted by atomic mass is 10.2. The van der Waals surface area contributed by atoms with Crippen LogP contribution in [0.3, 0.4) is 0 Å². The first kappa shape index (κ1) is 22.0. The zero-order valence-corrected chi connectivity index (χ0v) is 19.5. The maximum Gasteiger partial charge on any atom is 0.263 e. The van der Waals surface area contributed by atoms with Crippen LogP contribution in [0, 0.1) is 20.8 Å². The second kappa shape index (κ2) is 8.71. The van der Waals surface area contributed by atoms with Crippen molar-refractivity contribution in [2.24, 2.45) is 0 Å². The van der Waals surface area contributed by atoms with Gasteiger partial charge in [0.05, 0.1) is 20.8 Å². The number of rotatable bonds is 7. The minimum atomic E-state index is -3.72. The summed E-state index contributed by atoms with van der Waals surface area (Å²) >= 11 is 1.21. The van der Waals surface area contributed by atoms with Crippen molar-refractivity contribution >= 4 is 48.3 Å². The number of carbonyl (C=O) groups is 1. The van der Waals surface area contributed by atoms with Crippen LogP contribution < -0.4 is 10.0 Å². The normalized spacial score (nSPS) is 11.6. The predicted octanol–water partition coefficient (Wildman–Crippen LogP) is 4.25. The van der Waals surface area contributed by atoms with E-state index in [-0.39, 0.29) is 15.9 Å². The van der Waals surface area contributed by atoms with E-state index in [1.807, 2.05) is 31.5 Å². The Hall–Kier alpha value is -3.24. The Balaban J connectivity index is 1.44. The molecule has 4 aromatic rings. The van der Waals surface area contributed by atoms with Gasteiger partial charge in [-0.1, -0.05) is 29.0 Å². The summed E-state index contributed by atoms with van der Waals surface area (Å²) in [4.78, 5) is 16.9. The summed E-state index contributed by atoms with van der Waals surface area (Å²) in [5.41, 5.74) is 4.20. The number of thiazole rings is 1. The summed E-state index contributed by atoms with van der Waals surface area (Å²) in [6.07, 6.45) is 0.296. The van der Waals surface area contributed by atoms with Crippen molar-refractivity contribution in [2.75, 3.05) is 10.0 Å². The molecule has 0 bridgehead atoms. The molecule has 1 amide bonds. The Labute approximate surface area is 190 Å². The Morgan fingerprint density at radius 1 is 1.06 bits per heavy atom. The third-order valence-electron chi connectivity index (χ3n) is 4.88. The fourth-order valence-electron chi connectivity index (χ4n) is 3.27. The van der Waals surface area contributed by atoms with E-state index in [1.165, 1.54) is 11.3 Å². The highest BCUT2D eigenvalue weighted by Gasteiger charge is 2.17. The summed E-state index contributed by atoms with van der Waals surface area (Å²) in [5.74, 6) is -0.123. The van der Waals surface area contributed by atoms with E-state index in [2.05, 4.69) is 20.1 Å². The molecule has 0 saturated heterocycles. The van der Waals surface area contributed by atoms with E-state index in [4.69, 9.17) is 0 Å². The molecule has 0 fully saturated rings. The second-order valence-electron chi connectivity index (χ2n) is 7.57. The molecule has 8 nitrogen and oxygen atoms in total. The number of benzene rings is 2. The van der Waals surface area contributed by atoms with E-state index in [0.29, 0.717) is 24.2 Å². The summed E-state index contributed by atoms with van der Waals surface area (Å²) in [6, 6.07) is 13.9. The van der Waals surface area contributed by atoms with E-state index in [9.17, 15) is 13.2 Å². The first-order valence-electron chi connectivity index (χ1n) is 10.0. The number of carbonyl (C=O) groups excluding carboxylic acids is 1. The number of anilines is 2. The topological polar surface area (TPSA) is 106 Å². The number of hydrogen-bond acceptors (Lipinski definition) is 6. The van der Waals surface area contributed by atoms with Crippen LogP contribution in [-0.2, 0) is 21.4 Å². The Bertz CT molecular complexity index is 1390. The quantitative estimate of drug-likeness (QED) is 0.421. The molecular formula is C22H23N5O3S2. The van der Waals surface area contributed by atoms with Crippen molar-refractivity contribution in [2.45, 2.75) is 38.6 Å². The molecule has 2 aromatic heterocycles. The molecule has 0 saturated carbocycles. The van der Waals surface area contributed by atoms with Gasteiger partial charge in [0.25, 0.3) is 10.0 Å². The van der Waals surface area contributed by atoms with Gasteiger partial charge in [-0.05, 0) is 57.2 Å². The Morgan fingerprint density at radius 3 is 2.50 bits per heavy atom. The van der Waals surface area contributed by atoms with Gasteiger partial charge < -0.3 is 5.32 Å². The highest BCUT2D eigenvalue weighted by Crippen LogP contribution is 2.30. The molecule has 0 aliphatic carbocycles. The lowest BCUT2D eigenvalue weighted by Gasteiger charge is -2.06. The molecule has 0 aliphatic heterocycles. The maximum absolute atomic E-state index is 12.6. The van der Waals surface area contributed by atoms with Crippen molar-refractivity contribution in [1.82, 2.24) is 14.8 Å². The van der Waals surface area contributed by atoms with Crippen molar-refractivity contribution in [3.63, 3.8) is 0 Å². The van der Waals surface area contributed by atoms with Crippen LogP contribution in [-0.4, -0.2) is 29.1 Å². The zero-order valence-electron chi connectivity index (χ0n) is 17.9. The van der Waals surface area contributed by atoms with Gasteiger partial charge >= 0.3 is 0 Å². The minimum Gasteiger partial charge on any atom is -0.326 e. The van der Waals surface area contributed by atoms with Gasteiger partial charge in [0.15, 0.2) is 5.13 Å². The van der Waals surface area contributed by atoms with Crippen LogP contribution in [0.25, 0.3) is 10.2 Å². The Morgan fingerprint density at radius 2 is 1.81 bits per heavy atom. The van der Waals surface area contributed by atoms with E-state index in [1.54, 1.807) is 42.5 Å². The molecule has 2 heterocycles. The van der Waals surface area contributed by atoms with Gasteiger partial charge in [-0.15, -0.1) is 0 Å². The fourth-order valence-corrected chi connectivity index (χ4v) is 5.41. The SMILES string of the molecule is Cc1ccc(S(=O)(=O)Nc2nc3ccc(NC(=O)CCn4nc(C)cc4C)cc3s2)cc1. The monoisotopic (exact) mass is 469 g/mol. The van der Waals surface area contributed by atoms with Crippen LogP contribution in [0.1, 0.15) is 23.4 Å². The fraction of sp³-hybridized carbons (Fsp3) is 0.227. The van der Waals surface area contributed by atoms with Gasteiger partial charge in [-0.3, -0.25) is 14.2 Å². The summed E-state index contributed by atoms with van der Waals surface area (Å²) in [5, 5.41) is 7.51. The third-order valence-corrected chi connectivity index (χ3v) is 7.30. The number of sulfonamides is 1. The average Bonchev–Trinajstić information content (AvgIpc) is 3.26. The van der Waals surface area contributed by atoms with Gasteiger partial charge in [-0.25, -0.2) is 13.4 Å². The van der Waals surface area contributed by atoms with E-state index in [0.717, 1.165) is 21.7 Å². The maximum atomic E-state index is 12.6. The van der Waals surface area contributed by atoms with Crippen molar-refractivity contribution < 1.29 is 13.2 Å².